The lowest BCUT2D eigenvalue weighted by atomic mass is 10.2. The van der Waals surface area contributed by atoms with E-state index >= 15 is 0 Å². The van der Waals surface area contributed by atoms with Gasteiger partial charge < -0.3 is 15.7 Å². The summed E-state index contributed by atoms with van der Waals surface area (Å²) in [5.41, 5.74) is -0.911. The Morgan fingerprint density at radius 1 is 1.28 bits per heavy atom. The second kappa shape index (κ2) is 5.95. The molecule has 1 aromatic carbocycles. The second-order valence-electron chi connectivity index (χ2n) is 3.47. The molecule has 0 spiro atoms. The Labute approximate surface area is 102 Å². The highest BCUT2D eigenvalue weighted by atomic mass is 19.1. The molecule has 0 aromatic heterocycles. The van der Waals surface area contributed by atoms with Crippen molar-refractivity contribution in [1.82, 2.24) is 5.32 Å². The van der Waals surface area contributed by atoms with E-state index in [1.54, 1.807) is 0 Å². The Kier molecular flexibility index (Phi) is 4.59. The SMILES string of the molecule is CNC(=O)CCNc1c(F)cc(C(=O)O)cc1F. The molecule has 5 nitrogen and oxygen atoms in total. The molecule has 1 rings (SSSR count). The molecule has 3 N–H and O–H groups in total. The number of carbonyl (C=O) groups excluding carboxylic acids is 1. The number of carboxylic acid groups (broad SMARTS) is 1. The predicted octanol–water partition coefficient (Wildman–Crippen LogP) is 1.21. The van der Waals surface area contributed by atoms with Crippen LogP contribution in [0.5, 0.6) is 0 Å². The van der Waals surface area contributed by atoms with E-state index in [1.807, 2.05) is 0 Å². The van der Waals surface area contributed by atoms with Gasteiger partial charge in [0.25, 0.3) is 0 Å². The van der Waals surface area contributed by atoms with E-state index in [1.165, 1.54) is 7.05 Å². The Hall–Kier alpha value is -2.18. The van der Waals surface area contributed by atoms with Gasteiger partial charge in [-0.05, 0) is 12.1 Å². The molecule has 0 saturated carbocycles. The number of halogens is 2. The van der Waals surface area contributed by atoms with Crippen LogP contribution in [0.4, 0.5) is 14.5 Å². The van der Waals surface area contributed by atoms with Crippen LogP contribution in [0.2, 0.25) is 0 Å². The van der Waals surface area contributed by atoms with Gasteiger partial charge in [-0.1, -0.05) is 0 Å². The van der Waals surface area contributed by atoms with Crippen molar-refractivity contribution in [3.8, 4) is 0 Å². The summed E-state index contributed by atoms with van der Waals surface area (Å²) in [5, 5.41) is 13.4. The molecular formula is C11H12F2N2O3. The summed E-state index contributed by atoms with van der Waals surface area (Å²) >= 11 is 0. The van der Waals surface area contributed by atoms with Crippen LogP contribution < -0.4 is 10.6 Å². The van der Waals surface area contributed by atoms with Crippen LogP contribution in [0.25, 0.3) is 0 Å². The van der Waals surface area contributed by atoms with Crippen molar-refractivity contribution in [2.45, 2.75) is 6.42 Å². The second-order valence-corrected chi connectivity index (χ2v) is 3.47. The van der Waals surface area contributed by atoms with Crippen LogP contribution >= 0.6 is 0 Å². The maximum absolute atomic E-state index is 13.4. The zero-order valence-corrected chi connectivity index (χ0v) is 9.59. The molecule has 1 aromatic rings. The van der Waals surface area contributed by atoms with E-state index in [-0.39, 0.29) is 18.9 Å². The Bertz CT molecular complexity index is 454. The molecule has 0 saturated heterocycles. The smallest absolute Gasteiger partial charge is 0.335 e. The number of nitrogens with one attached hydrogen (secondary N) is 2. The van der Waals surface area contributed by atoms with Gasteiger partial charge in [0, 0.05) is 20.0 Å². The minimum atomic E-state index is -1.41. The van der Waals surface area contributed by atoms with Gasteiger partial charge in [0.05, 0.1) is 5.56 Å². The first kappa shape index (κ1) is 13.9. The van der Waals surface area contributed by atoms with E-state index in [4.69, 9.17) is 5.11 Å². The maximum Gasteiger partial charge on any atom is 0.335 e. The van der Waals surface area contributed by atoms with Crippen molar-refractivity contribution in [1.29, 1.82) is 0 Å². The zero-order valence-electron chi connectivity index (χ0n) is 9.59. The predicted molar refractivity (Wildman–Crippen MR) is 60.5 cm³/mol. The first-order valence-corrected chi connectivity index (χ1v) is 5.12. The largest absolute Gasteiger partial charge is 0.478 e. The lowest BCUT2D eigenvalue weighted by Crippen LogP contribution is -2.21. The van der Waals surface area contributed by atoms with Gasteiger partial charge in [-0.2, -0.15) is 0 Å². The first-order valence-electron chi connectivity index (χ1n) is 5.12. The number of hydrogen-bond acceptors (Lipinski definition) is 3. The molecule has 0 radical (unpaired) electrons. The van der Waals surface area contributed by atoms with E-state index in [2.05, 4.69) is 10.6 Å². The monoisotopic (exact) mass is 258 g/mol. The molecule has 0 aliphatic carbocycles. The van der Waals surface area contributed by atoms with Crippen LogP contribution in [-0.2, 0) is 4.79 Å². The van der Waals surface area contributed by atoms with Crippen LogP contribution in [0.1, 0.15) is 16.8 Å². The van der Waals surface area contributed by atoms with Gasteiger partial charge in [-0.15, -0.1) is 0 Å². The highest BCUT2D eigenvalue weighted by Gasteiger charge is 2.14. The number of anilines is 1. The quantitative estimate of drug-likeness (QED) is 0.741. The molecule has 0 aliphatic heterocycles. The number of hydrogen-bond donors (Lipinski definition) is 3. The van der Waals surface area contributed by atoms with E-state index in [0.29, 0.717) is 12.1 Å². The number of carboxylic acids is 1. The summed E-state index contributed by atoms with van der Waals surface area (Å²) < 4.78 is 26.8. The van der Waals surface area contributed by atoms with Crippen molar-refractivity contribution >= 4 is 17.6 Å². The highest BCUT2D eigenvalue weighted by Crippen LogP contribution is 2.20. The van der Waals surface area contributed by atoms with Crippen molar-refractivity contribution in [2.75, 3.05) is 18.9 Å². The van der Waals surface area contributed by atoms with Crippen LogP contribution in [0, 0.1) is 11.6 Å². The zero-order chi connectivity index (χ0) is 13.7. The fourth-order valence-corrected chi connectivity index (χ4v) is 1.29. The minimum Gasteiger partial charge on any atom is -0.478 e. The number of amides is 1. The van der Waals surface area contributed by atoms with Gasteiger partial charge in [-0.25, -0.2) is 13.6 Å². The third-order valence-electron chi connectivity index (χ3n) is 2.22. The van der Waals surface area contributed by atoms with Gasteiger partial charge in [-0.3, -0.25) is 4.79 Å². The summed E-state index contributed by atoms with van der Waals surface area (Å²) in [4.78, 5) is 21.5. The molecule has 0 bridgehead atoms. The van der Waals surface area contributed by atoms with Crippen LogP contribution in [0.15, 0.2) is 12.1 Å². The first-order chi connectivity index (χ1) is 8.45. The molecule has 0 unspecified atom stereocenters. The average molecular weight is 258 g/mol. The lowest BCUT2D eigenvalue weighted by Gasteiger charge is -2.09. The number of rotatable bonds is 5. The van der Waals surface area contributed by atoms with Gasteiger partial charge in [0.15, 0.2) is 0 Å². The highest BCUT2D eigenvalue weighted by molar-refractivity contribution is 5.88. The summed E-state index contributed by atoms with van der Waals surface area (Å²) in [7, 11) is 1.45. The number of aromatic carboxylic acids is 1. The van der Waals surface area contributed by atoms with Gasteiger partial charge >= 0.3 is 5.97 Å². The van der Waals surface area contributed by atoms with Crippen LogP contribution in [0.3, 0.4) is 0 Å². The van der Waals surface area contributed by atoms with Gasteiger partial charge in [0.2, 0.25) is 5.91 Å². The lowest BCUT2D eigenvalue weighted by molar-refractivity contribution is -0.120. The molecule has 7 heteroatoms. The Morgan fingerprint density at radius 3 is 2.28 bits per heavy atom. The van der Waals surface area contributed by atoms with Gasteiger partial charge in [0.1, 0.15) is 17.3 Å². The van der Waals surface area contributed by atoms with E-state index < -0.39 is 28.9 Å². The third-order valence-corrected chi connectivity index (χ3v) is 2.22. The molecular weight excluding hydrogens is 246 g/mol. The van der Waals surface area contributed by atoms with Crippen molar-refractivity contribution in [2.24, 2.45) is 0 Å². The molecule has 98 valence electrons. The third kappa shape index (κ3) is 3.41. The molecule has 0 heterocycles. The fraction of sp³-hybridized carbons (Fsp3) is 0.273. The van der Waals surface area contributed by atoms with E-state index in [9.17, 15) is 18.4 Å². The summed E-state index contributed by atoms with van der Waals surface area (Å²) in [6.07, 6.45) is 0.0516. The molecule has 0 fully saturated rings. The number of carbonyl (C=O) groups is 2. The number of benzene rings is 1. The normalized spacial score (nSPS) is 9.94. The summed E-state index contributed by atoms with van der Waals surface area (Å²) in [6, 6.07) is 1.43. The molecule has 0 atom stereocenters. The topological polar surface area (TPSA) is 78.4 Å². The standard InChI is InChI=1S/C11H12F2N2O3/c1-14-9(16)2-3-15-10-7(12)4-6(11(17)18)5-8(10)13/h4-5,15H,2-3H2,1H3,(H,14,16)(H,17,18). The Balaban J connectivity index is 2.78. The fourth-order valence-electron chi connectivity index (χ4n) is 1.29. The Morgan fingerprint density at radius 2 is 1.83 bits per heavy atom. The molecule has 0 aliphatic rings. The summed E-state index contributed by atoms with van der Waals surface area (Å²) in [5.74, 6) is -3.70. The molecule has 1 amide bonds. The van der Waals surface area contributed by atoms with Crippen molar-refractivity contribution in [3.63, 3.8) is 0 Å². The average Bonchev–Trinajstić information content (AvgIpc) is 2.31. The minimum absolute atomic E-state index is 0.0416. The molecule has 18 heavy (non-hydrogen) atoms. The van der Waals surface area contributed by atoms with Crippen molar-refractivity contribution < 1.29 is 23.5 Å². The maximum atomic E-state index is 13.4. The summed E-state index contributed by atoms with van der Waals surface area (Å²) in [6.45, 7) is 0.0416. The van der Waals surface area contributed by atoms with Crippen LogP contribution in [-0.4, -0.2) is 30.6 Å². The van der Waals surface area contributed by atoms with E-state index in [0.717, 1.165) is 0 Å². The van der Waals surface area contributed by atoms with Crippen molar-refractivity contribution in [3.05, 3.63) is 29.3 Å².